The first-order chi connectivity index (χ1) is 17.4. The van der Waals surface area contributed by atoms with Gasteiger partial charge in [-0.2, -0.15) is 0 Å². The van der Waals surface area contributed by atoms with Crippen molar-refractivity contribution in [3.8, 4) is 5.75 Å². The van der Waals surface area contributed by atoms with Gasteiger partial charge < -0.3 is 14.5 Å². The van der Waals surface area contributed by atoms with Crippen LogP contribution in [0.3, 0.4) is 0 Å². The number of amides is 2. The van der Waals surface area contributed by atoms with Gasteiger partial charge in [-0.25, -0.2) is 0 Å². The highest BCUT2D eigenvalue weighted by Crippen LogP contribution is 2.34. The molecule has 1 aliphatic rings. The van der Waals surface area contributed by atoms with E-state index in [1.165, 1.54) is 4.88 Å². The van der Waals surface area contributed by atoms with E-state index in [2.05, 4.69) is 25.3 Å². The van der Waals surface area contributed by atoms with Gasteiger partial charge in [0.2, 0.25) is 5.91 Å². The van der Waals surface area contributed by atoms with Crippen molar-refractivity contribution in [2.75, 3.05) is 26.2 Å². The molecule has 3 aromatic rings. The number of halogens is 1. The second-order valence-corrected chi connectivity index (χ2v) is 10.9. The summed E-state index contributed by atoms with van der Waals surface area (Å²) in [5.74, 6) is 0.854. The summed E-state index contributed by atoms with van der Waals surface area (Å²) < 4.78 is 6.10. The molecule has 1 aliphatic heterocycles. The summed E-state index contributed by atoms with van der Waals surface area (Å²) >= 11 is 7.73. The fourth-order valence-corrected chi connectivity index (χ4v) is 5.60. The highest BCUT2D eigenvalue weighted by molar-refractivity contribution is 7.10. The van der Waals surface area contributed by atoms with Crippen LogP contribution in [0.2, 0.25) is 5.02 Å². The molecular weight excluding hydrogens is 492 g/mol. The van der Waals surface area contributed by atoms with Gasteiger partial charge >= 0.3 is 0 Å². The average molecular weight is 525 g/mol. The number of carbonyl (C=O) groups is 2. The standard InChI is InChI=1S/C29H33ClN2O3S/c1-4-20(2)17-31(29(34)24-8-6-5-7-21(24)3)18-28(33)32-15-13-27-25(14-16-36-27)26(32)19-35-23-11-9-22(30)10-12-23/h5-12,14,16,20,26H,4,13,15,17-19H2,1-3H3/t20-,26+/m0/s1. The quantitative estimate of drug-likeness (QED) is 0.325. The van der Waals surface area contributed by atoms with Gasteiger partial charge in [-0.3, -0.25) is 9.59 Å². The van der Waals surface area contributed by atoms with Gasteiger partial charge in [0.15, 0.2) is 0 Å². The van der Waals surface area contributed by atoms with Crippen LogP contribution in [0.25, 0.3) is 0 Å². The maximum absolute atomic E-state index is 13.8. The second-order valence-electron chi connectivity index (χ2n) is 9.43. The molecule has 0 unspecified atom stereocenters. The Hall–Kier alpha value is -2.83. The van der Waals surface area contributed by atoms with Gasteiger partial charge in [0.05, 0.1) is 6.04 Å². The summed E-state index contributed by atoms with van der Waals surface area (Å²) in [4.78, 5) is 32.2. The van der Waals surface area contributed by atoms with Crippen LogP contribution in [0.15, 0.2) is 60.0 Å². The lowest BCUT2D eigenvalue weighted by Gasteiger charge is -2.37. The van der Waals surface area contributed by atoms with E-state index >= 15 is 0 Å². The summed E-state index contributed by atoms with van der Waals surface area (Å²) in [5.41, 5.74) is 2.70. The molecular formula is C29H33ClN2O3S. The van der Waals surface area contributed by atoms with Gasteiger partial charge in [-0.15, -0.1) is 11.3 Å². The van der Waals surface area contributed by atoms with Gasteiger partial charge in [0.25, 0.3) is 5.91 Å². The number of rotatable bonds is 9. The molecule has 0 fully saturated rings. The van der Waals surface area contributed by atoms with E-state index in [9.17, 15) is 9.59 Å². The van der Waals surface area contributed by atoms with Crippen LogP contribution in [-0.4, -0.2) is 47.9 Å². The fraction of sp³-hybridized carbons (Fsp3) is 0.379. The zero-order valence-electron chi connectivity index (χ0n) is 21.1. The van der Waals surface area contributed by atoms with Crippen molar-refractivity contribution in [2.45, 2.75) is 39.7 Å². The average Bonchev–Trinajstić information content (AvgIpc) is 3.36. The van der Waals surface area contributed by atoms with Crippen LogP contribution in [0, 0.1) is 12.8 Å². The molecule has 0 aliphatic carbocycles. The third-order valence-electron chi connectivity index (χ3n) is 6.85. The van der Waals surface area contributed by atoms with Crippen molar-refractivity contribution in [2.24, 2.45) is 5.92 Å². The Kier molecular flexibility index (Phi) is 8.70. The van der Waals surface area contributed by atoms with E-state index in [1.807, 2.05) is 48.2 Å². The molecule has 7 heteroatoms. The molecule has 0 spiro atoms. The summed E-state index contributed by atoms with van der Waals surface area (Å²) in [7, 11) is 0. The predicted molar refractivity (Wildman–Crippen MR) is 146 cm³/mol. The Balaban J connectivity index is 1.55. The van der Waals surface area contributed by atoms with Crippen LogP contribution >= 0.6 is 22.9 Å². The molecule has 0 bridgehead atoms. The molecule has 0 saturated carbocycles. The Morgan fingerprint density at radius 2 is 1.92 bits per heavy atom. The first-order valence-electron chi connectivity index (χ1n) is 12.5. The van der Waals surface area contributed by atoms with Gasteiger partial charge in [-0.05, 0) is 72.2 Å². The number of hydrogen-bond acceptors (Lipinski definition) is 4. The molecule has 4 rings (SSSR count). The topological polar surface area (TPSA) is 49.9 Å². The van der Waals surface area contributed by atoms with Crippen LogP contribution in [-0.2, 0) is 11.2 Å². The highest BCUT2D eigenvalue weighted by atomic mass is 35.5. The molecule has 2 amide bonds. The number of ether oxygens (including phenoxy) is 1. The van der Waals surface area contributed by atoms with Crippen molar-refractivity contribution in [1.29, 1.82) is 0 Å². The first-order valence-corrected chi connectivity index (χ1v) is 13.7. The Labute approximate surface area is 222 Å². The van der Waals surface area contributed by atoms with Crippen LogP contribution < -0.4 is 4.74 Å². The molecule has 5 nitrogen and oxygen atoms in total. The predicted octanol–water partition coefficient (Wildman–Crippen LogP) is 6.40. The number of fused-ring (bicyclic) bond motifs is 1. The molecule has 190 valence electrons. The maximum atomic E-state index is 13.8. The number of benzene rings is 2. The van der Waals surface area contributed by atoms with E-state index in [1.54, 1.807) is 28.4 Å². The van der Waals surface area contributed by atoms with Crippen molar-refractivity contribution in [3.63, 3.8) is 0 Å². The molecule has 2 heterocycles. The largest absolute Gasteiger partial charge is 0.491 e. The number of aryl methyl sites for hydroxylation is 1. The molecule has 1 aromatic heterocycles. The number of carbonyl (C=O) groups excluding carboxylic acids is 2. The zero-order valence-corrected chi connectivity index (χ0v) is 22.6. The van der Waals surface area contributed by atoms with Crippen LogP contribution in [0.5, 0.6) is 5.75 Å². The third-order valence-corrected chi connectivity index (χ3v) is 8.10. The Bertz CT molecular complexity index is 1190. The third kappa shape index (κ3) is 6.11. The van der Waals surface area contributed by atoms with E-state index in [4.69, 9.17) is 16.3 Å². The highest BCUT2D eigenvalue weighted by Gasteiger charge is 2.34. The molecule has 2 aromatic carbocycles. The van der Waals surface area contributed by atoms with Crippen molar-refractivity contribution in [3.05, 3.63) is 86.6 Å². The number of hydrogen-bond donors (Lipinski definition) is 0. The van der Waals surface area contributed by atoms with Crippen molar-refractivity contribution < 1.29 is 14.3 Å². The molecule has 2 atom stereocenters. The summed E-state index contributed by atoms with van der Waals surface area (Å²) in [6.07, 6.45) is 1.75. The summed E-state index contributed by atoms with van der Waals surface area (Å²) in [6, 6.07) is 16.7. The van der Waals surface area contributed by atoms with Crippen molar-refractivity contribution >= 4 is 34.8 Å². The minimum Gasteiger partial charge on any atom is -0.491 e. The minimum atomic E-state index is -0.206. The second kappa shape index (κ2) is 11.9. The van der Waals surface area contributed by atoms with Gasteiger partial charge in [0.1, 0.15) is 18.9 Å². The molecule has 36 heavy (non-hydrogen) atoms. The number of thiophene rings is 1. The normalized spacial score (nSPS) is 15.8. The van der Waals surface area contributed by atoms with E-state index in [0.717, 1.165) is 24.0 Å². The molecule has 0 N–H and O–H groups in total. The van der Waals surface area contributed by atoms with E-state index in [-0.39, 0.29) is 24.4 Å². The van der Waals surface area contributed by atoms with Gasteiger partial charge in [0, 0.05) is 28.6 Å². The maximum Gasteiger partial charge on any atom is 0.254 e. The van der Waals surface area contributed by atoms with Crippen LogP contribution in [0.1, 0.15) is 52.7 Å². The molecule has 0 radical (unpaired) electrons. The molecule has 0 saturated heterocycles. The lowest BCUT2D eigenvalue weighted by atomic mass is 10.00. The Morgan fingerprint density at radius 1 is 1.17 bits per heavy atom. The number of nitrogens with zero attached hydrogens (tertiary/aromatic N) is 2. The smallest absolute Gasteiger partial charge is 0.254 e. The van der Waals surface area contributed by atoms with E-state index < -0.39 is 0 Å². The minimum absolute atomic E-state index is 0.0500. The lowest BCUT2D eigenvalue weighted by Crippen LogP contribution is -2.48. The summed E-state index contributed by atoms with van der Waals surface area (Å²) in [5, 5.41) is 2.72. The monoisotopic (exact) mass is 524 g/mol. The zero-order chi connectivity index (χ0) is 25.7. The Morgan fingerprint density at radius 3 is 2.64 bits per heavy atom. The fourth-order valence-electron chi connectivity index (χ4n) is 4.54. The SMILES string of the molecule is CC[C@H](C)CN(CC(=O)N1CCc2sccc2[C@H]1COc1ccc(Cl)cc1)C(=O)c1ccccc1C. The van der Waals surface area contributed by atoms with E-state index in [0.29, 0.717) is 41.9 Å². The van der Waals surface area contributed by atoms with Crippen LogP contribution in [0.4, 0.5) is 0 Å². The lowest BCUT2D eigenvalue weighted by molar-refractivity contribution is -0.135. The first kappa shape index (κ1) is 26.2. The summed E-state index contributed by atoms with van der Waals surface area (Å²) in [6.45, 7) is 7.70. The van der Waals surface area contributed by atoms with Crippen molar-refractivity contribution in [1.82, 2.24) is 9.80 Å². The van der Waals surface area contributed by atoms with Gasteiger partial charge in [-0.1, -0.05) is 50.1 Å².